The predicted molar refractivity (Wildman–Crippen MR) is 104 cm³/mol. The number of nitrogens with one attached hydrogen (secondary N) is 1. The molecule has 0 spiro atoms. The highest BCUT2D eigenvalue weighted by atomic mass is 32.2. The van der Waals surface area contributed by atoms with E-state index < -0.39 is 14.9 Å². The van der Waals surface area contributed by atoms with Gasteiger partial charge in [0.05, 0.1) is 36.0 Å². The van der Waals surface area contributed by atoms with Gasteiger partial charge in [-0.3, -0.25) is 10.1 Å². The minimum atomic E-state index is -3.63. The Morgan fingerprint density at radius 2 is 1.82 bits per heavy atom. The number of aryl methyl sites for hydroxylation is 1. The molecule has 0 saturated carbocycles. The number of sulfonamides is 1. The lowest BCUT2D eigenvalue weighted by Gasteiger charge is -2.31. The number of benzene rings is 2. The van der Waals surface area contributed by atoms with Gasteiger partial charge >= 0.3 is 0 Å². The van der Waals surface area contributed by atoms with Gasteiger partial charge in [0.2, 0.25) is 10.0 Å². The topological polar surface area (TPSA) is 94.2 Å². The molecule has 0 aliphatic carbocycles. The van der Waals surface area contributed by atoms with Crippen LogP contribution in [0.25, 0.3) is 0 Å². The van der Waals surface area contributed by atoms with Crippen LogP contribution < -0.4 is 9.64 Å². The fourth-order valence-corrected chi connectivity index (χ4v) is 4.64. The summed E-state index contributed by atoms with van der Waals surface area (Å²) in [6, 6.07) is 12.9. The van der Waals surface area contributed by atoms with Crippen molar-refractivity contribution in [2.24, 2.45) is 0 Å². The van der Waals surface area contributed by atoms with Gasteiger partial charge in [0, 0.05) is 12.1 Å². The van der Waals surface area contributed by atoms with E-state index in [0.717, 1.165) is 17.9 Å². The van der Waals surface area contributed by atoms with Crippen molar-refractivity contribution in [2.45, 2.75) is 11.8 Å². The van der Waals surface area contributed by atoms with E-state index in [1.165, 1.54) is 33.5 Å². The number of piperazine rings is 1. The molecule has 0 bridgehead atoms. The van der Waals surface area contributed by atoms with E-state index in [2.05, 4.69) is 0 Å². The zero-order valence-corrected chi connectivity index (χ0v) is 16.5. The first-order chi connectivity index (χ1) is 13.4. The van der Waals surface area contributed by atoms with E-state index in [-0.39, 0.29) is 10.6 Å². The molecule has 8 nitrogen and oxygen atoms in total. The van der Waals surface area contributed by atoms with Crippen molar-refractivity contribution >= 4 is 15.7 Å². The van der Waals surface area contributed by atoms with Crippen LogP contribution in [0.15, 0.2) is 53.4 Å². The number of nitrogens with zero attached hydrogens (tertiary/aromatic N) is 2. The summed E-state index contributed by atoms with van der Waals surface area (Å²) in [6.07, 6.45) is 0. The molecule has 0 aromatic heterocycles. The van der Waals surface area contributed by atoms with Crippen LogP contribution in [0.1, 0.15) is 5.56 Å². The van der Waals surface area contributed by atoms with Crippen LogP contribution in [-0.2, 0) is 10.0 Å². The van der Waals surface area contributed by atoms with Crippen molar-refractivity contribution in [3.05, 3.63) is 64.2 Å². The van der Waals surface area contributed by atoms with Gasteiger partial charge in [0.1, 0.15) is 18.9 Å². The smallest absolute Gasteiger partial charge is 0.269 e. The summed E-state index contributed by atoms with van der Waals surface area (Å²) in [5.74, 6) is 0.846. The summed E-state index contributed by atoms with van der Waals surface area (Å²) in [6.45, 7) is 5.63. The van der Waals surface area contributed by atoms with Crippen LogP contribution in [0.3, 0.4) is 0 Å². The average molecular weight is 406 g/mol. The maximum absolute atomic E-state index is 12.7. The first kappa shape index (κ1) is 20.2. The Morgan fingerprint density at radius 1 is 1.14 bits per heavy atom. The maximum atomic E-state index is 12.7. The largest absolute Gasteiger partial charge is 0.488 e. The Labute approximate surface area is 164 Å². The second-order valence-electron chi connectivity index (χ2n) is 6.82. The summed E-state index contributed by atoms with van der Waals surface area (Å²) >= 11 is 0. The number of hydrogen-bond donors (Lipinski definition) is 1. The predicted octanol–water partition coefficient (Wildman–Crippen LogP) is 0.871. The van der Waals surface area contributed by atoms with Crippen molar-refractivity contribution in [1.82, 2.24) is 4.31 Å². The minimum absolute atomic E-state index is 0.0873. The third-order valence-corrected chi connectivity index (χ3v) is 6.74. The van der Waals surface area contributed by atoms with Crippen LogP contribution in [0.5, 0.6) is 5.75 Å². The van der Waals surface area contributed by atoms with Crippen molar-refractivity contribution in [2.75, 3.05) is 39.3 Å². The Hall–Kier alpha value is -2.49. The standard InChI is InChI=1S/C19H23N3O5S/c1-16-3-2-4-18(15-16)27-14-13-20-9-11-21(12-10-20)28(25,26)19-7-5-17(6-8-19)22(23)24/h2-8,15H,9-14H2,1H3/p+1. The van der Waals surface area contributed by atoms with Gasteiger partial charge in [0.25, 0.3) is 5.69 Å². The molecule has 1 saturated heterocycles. The molecule has 0 atom stereocenters. The van der Waals surface area contributed by atoms with Gasteiger partial charge in [-0.1, -0.05) is 12.1 Å². The average Bonchev–Trinajstić information content (AvgIpc) is 2.68. The van der Waals surface area contributed by atoms with E-state index in [1.807, 2.05) is 31.2 Å². The third-order valence-electron chi connectivity index (χ3n) is 4.83. The van der Waals surface area contributed by atoms with Gasteiger partial charge in [-0.2, -0.15) is 4.31 Å². The molecular formula is C19H24N3O5S+. The van der Waals surface area contributed by atoms with Crippen LogP contribution in [0.4, 0.5) is 5.69 Å². The van der Waals surface area contributed by atoms with E-state index in [1.54, 1.807) is 0 Å². The van der Waals surface area contributed by atoms with Gasteiger partial charge < -0.3 is 9.64 Å². The number of non-ortho nitro benzene ring substituents is 1. The van der Waals surface area contributed by atoms with E-state index in [9.17, 15) is 18.5 Å². The zero-order chi connectivity index (χ0) is 20.1. The van der Waals surface area contributed by atoms with Gasteiger partial charge in [0.15, 0.2) is 0 Å². The van der Waals surface area contributed by atoms with Crippen LogP contribution in [-0.4, -0.2) is 57.0 Å². The van der Waals surface area contributed by atoms with Crippen molar-refractivity contribution in [1.29, 1.82) is 0 Å². The number of hydrogen-bond acceptors (Lipinski definition) is 5. The number of ether oxygens (including phenoxy) is 1. The molecule has 0 unspecified atom stereocenters. The van der Waals surface area contributed by atoms with Crippen LogP contribution >= 0.6 is 0 Å². The van der Waals surface area contributed by atoms with Crippen molar-refractivity contribution < 1.29 is 23.0 Å². The second-order valence-corrected chi connectivity index (χ2v) is 8.76. The minimum Gasteiger partial charge on any atom is -0.488 e. The molecule has 2 aromatic carbocycles. The number of nitro groups is 1. The lowest BCUT2D eigenvalue weighted by Crippen LogP contribution is -3.15. The fraction of sp³-hybridized carbons (Fsp3) is 0.368. The van der Waals surface area contributed by atoms with E-state index in [4.69, 9.17) is 4.74 Å². The summed E-state index contributed by atoms with van der Waals surface area (Å²) in [4.78, 5) is 11.6. The Balaban J connectivity index is 1.50. The molecule has 1 heterocycles. The SMILES string of the molecule is Cc1cccc(OCC[NH+]2CCN(S(=O)(=O)c3ccc([N+](=O)[O-])cc3)CC2)c1. The fourth-order valence-electron chi connectivity index (χ4n) is 3.20. The first-order valence-electron chi connectivity index (χ1n) is 9.14. The molecule has 1 aliphatic rings. The molecule has 9 heteroatoms. The normalized spacial score (nSPS) is 16.0. The van der Waals surface area contributed by atoms with Crippen LogP contribution in [0.2, 0.25) is 0 Å². The molecule has 1 N–H and O–H groups in total. The highest BCUT2D eigenvalue weighted by Crippen LogP contribution is 2.19. The lowest BCUT2D eigenvalue weighted by molar-refractivity contribution is -0.903. The quantitative estimate of drug-likeness (QED) is 0.544. The highest BCUT2D eigenvalue weighted by molar-refractivity contribution is 7.89. The Kier molecular flexibility index (Phi) is 6.28. The van der Waals surface area contributed by atoms with E-state index >= 15 is 0 Å². The Bertz CT molecular complexity index is 923. The highest BCUT2D eigenvalue weighted by Gasteiger charge is 2.30. The second kappa shape index (κ2) is 8.68. The Morgan fingerprint density at radius 3 is 2.43 bits per heavy atom. The molecule has 150 valence electrons. The molecular weight excluding hydrogens is 382 g/mol. The number of nitro benzene ring substituents is 1. The van der Waals surface area contributed by atoms with E-state index in [0.29, 0.717) is 32.8 Å². The monoisotopic (exact) mass is 406 g/mol. The number of quaternary nitrogens is 1. The molecule has 2 aromatic rings. The molecule has 0 amide bonds. The van der Waals surface area contributed by atoms with Crippen LogP contribution in [0, 0.1) is 17.0 Å². The first-order valence-corrected chi connectivity index (χ1v) is 10.6. The summed E-state index contributed by atoms with van der Waals surface area (Å²) in [7, 11) is -3.63. The van der Waals surface area contributed by atoms with Crippen molar-refractivity contribution in [3.63, 3.8) is 0 Å². The third kappa shape index (κ3) is 4.86. The summed E-state index contributed by atoms with van der Waals surface area (Å²) in [5.41, 5.74) is 1.02. The molecule has 1 fully saturated rings. The lowest BCUT2D eigenvalue weighted by atomic mass is 10.2. The number of rotatable bonds is 7. The molecule has 1 aliphatic heterocycles. The van der Waals surface area contributed by atoms with Crippen molar-refractivity contribution in [3.8, 4) is 5.75 Å². The maximum Gasteiger partial charge on any atom is 0.269 e. The molecule has 3 rings (SSSR count). The summed E-state index contributed by atoms with van der Waals surface area (Å²) in [5, 5.41) is 10.7. The molecule has 0 radical (unpaired) electrons. The molecule has 28 heavy (non-hydrogen) atoms. The van der Waals surface area contributed by atoms with Gasteiger partial charge in [-0.05, 0) is 36.8 Å². The summed E-state index contributed by atoms with van der Waals surface area (Å²) < 4.78 is 32.7. The van der Waals surface area contributed by atoms with Gasteiger partial charge in [-0.25, -0.2) is 8.42 Å². The zero-order valence-electron chi connectivity index (χ0n) is 15.7. The van der Waals surface area contributed by atoms with Gasteiger partial charge in [-0.15, -0.1) is 0 Å².